The highest BCUT2D eigenvalue weighted by molar-refractivity contribution is 7.20. The van der Waals surface area contributed by atoms with Gasteiger partial charge in [0.2, 0.25) is 10.1 Å². The summed E-state index contributed by atoms with van der Waals surface area (Å²) in [6.45, 7) is 2.03. The fourth-order valence-corrected chi connectivity index (χ4v) is 3.51. The molecule has 2 aromatic carbocycles. The quantitative estimate of drug-likeness (QED) is 0.554. The maximum absolute atomic E-state index is 9.44. The molecule has 4 rings (SSSR count). The fourth-order valence-electron chi connectivity index (χ4n) is 2.55. The van der Waals surface area contributed by atoms with Crippen LogP contribution < -0.4 is 5.32 Å². The molecule has 4 aromatic rings. The number of aromatic nitrogens is 4. The van der Waals surface area contributed by atoms with E-state index in [1.807, 2.05) is 43.3 Å². The normalized spacial score (nSPS) is 12.4. The van der Waals surface area contributed by atoms with Gasteiger partial charge in [-0.05, 0) is 35.9 Å². The number of nitrogens with zero attached hydrogens (tertiary/aromatic N) is 4. The van der Waals surface area contributed by atoms with Gasteiger partial charge in [0, 0.05) is 16.6 Å². The second kappa shape index (κ2) is 6.34. The van der Waals surface area contributed by atoms with Gasteiger partial charge in [-0.1, -0.05) is 48.1 Å². The lowest BCUT2D eigenvalue weighted by atomic mass is 10.0. The summed E-state index contributed by atoms with van der Waals surface area (Å²) in [5.41, 5.74) is 1.90. The maximum Gasteiger partial charge on any atom is 0.236 e. The Hall–Kier alpha value is -2.64. The number of aromatic hydroxyl groups is 1. The number of hydrogen-bond acceptors (Lipinski definition) is 6. The third-order valence-electron chi connectivity index (χ3n) is 3.87. The fraction of sp³-hybridized carbons (Fsp3) is 0.118. The number of phenols is 1. The number of halogens is 1. The van der Waals surface area contributed by atoms with Crippen LogP contribution in [0.15, 0.2) is 48.5 Å². The summed E-state index contributed by atoms with van der Waals surface area (Å²) in [5.74, 6) is 0.983. The molecule has 0 bridgehead atoms. The highest BCUT2D eigenvalue weighted by atomic mass is 35.5. The van der Waals surface area contributed by atoms with E-state index in [0.29, 0.717) is 15.1 Å². The lowest BCUT2D eigenvalue weighted by molar-refractivity contribution is 0.475. The van der Waals surface area contributed by atoms with Gasteiger partial charge >= 0.3 is 0 Å². The molecular weight excluding hydrogens is 358 g/mol. The average molecular weight is 372 g/mol. The minimum atomic E-state index is -0.00304. The van der Waals surface area contributed by atoms with Crippen molar-refractivity contribution in [1.82, 2.24) is 19.8 Å². The maximum atomic E-state index is 9.44. The molecule has 8 heteroatoms. The van der Waals surface area contributed by atoms with Crippen LogP contribution in [0.25, 0.3) is 4.96 Å². The SMILES string of the molecule is C[C@@H](c1ccc(O)cc1)c1nnc2sc(Nc3cccc(Cl)c3)nn12. The molecule has 0 fully saturated rings. The van der Waals surface area contributed by atoms with Crippen LogP contribution >= 0.6 is 22.9 Å². The number of rotatable bonds is 4. The molecule has 1 atom stereocenters. The minimum Gasteiger partial charge on any atom is -0.508 e. The summed E-state index contributed by atoms with van der Waals surface area (Å²) in [6, 6.07) is 14.5. The first kappa shape index (κ1) is 15.9. The molecule has 0 saturated carbocycles. The second-order valence-corrected chi connectivity index (χ2v) is 7.00. The molecule has 25 heavy (non-hydrogen) atoms. The number of fused-ring (bicyclic) bond motifs is 1. The largest absolute Gasteiger partial charge is 0.508 e. The first-order valence-electron chi connectivity index (χ1n) is 7.64. The summed E-state index contributed by atoms with van der Waals surface area (Å²) < 4.78 is 1.75. The van der Waals surface area contributed by atoms with Crippen LogP contribution in [0.1, 0.15) is 24.2 Å². The minimum absolute atomic E-state index is 0.00304. The predicted molar refractivity (Wildman–Crippen MR) is 99.0 cm³/mol. The summed E-state index contributed by atoms with van der Waals surface area (Å²) >= 11 is 7.43. The number of benzene rings is 2. The van der Waals surface area contributed by atoms with Gasteiger partial charge in [-0.2, -0.15) is 4.52 Å². The van der Waals surface area contributed by atoms with Crippen molar-refractivity contribution in [3.8, 4) is 5.75 Å². The number of phenolic OH excluding ortho intramolecular Hbond substituents is 1. The topological polar surface area (TPSA) is 75.3 Å². The first-order chi connectivity index (χ1) is 12.1. The Kier molecular flexibility index (Phi) is 4.03. The van der Waals surface area contributed by atoms with E-state index in [2.05, 4.69) is 20.6 Å². The van der Waals surface area contributed by atoms with Crippen molar-refractivity contribution < 1.29 is 5.11 Å². The molecule has 0 saturated heterocycles. The molecular formula is C17H14ClN5OS. The van der Waals surface area contributed by atoms with Crippen LogP contribution in [0.3, 0.4) is 0 Å². The van der Waals surface area contributed by atoms with Gasteiger partial charge < -0.3 is 10.4 Å². The molecule has 2 heterocycles. The molecule has 6 nitrogen and oxygen atoms in total. The van der Waals surface area contributed by atoms with Gasteiger partial charge in [0.05, 0.1) is 0 Å². The Morgan fingerprint density at radius 3 is 2.72 bits per heavy atom. The standard InChI is InChI=1S/C17H14ClN5OS/c1-10(11-5-7-14(24)8-6-11)15-20-21-17-23(15)22-16(25-17)19-13-4-2-3-12(18)9-13/h2-10,24H,1H3,(H,19,22)/t10-/m0/s1. The van der Waals surface area contributed by atoms with Gasteiger partial charge in [0.1, 0.15) is 5.75 Å². The summed E-state index contributed by atoms with van der Waals surface area (Å²) in [4.78, 5) is 0.713. The van der Waals surface area contributed by atoms with Crippen molar-refractivity contribution >= 4 is 38.7 Å². The summed E-state index contributed by atoms with van der Waals surface area (Å²) in [5, 5.41) is 27.1. The van der Waals surface area contributed by atoms with Gasteiger partial charge in [-0.25, -0.2) is 0 Å². The van der Waals surface area contributed by atoms with E-state index in [1.54, 1.807) is 16.6 Å². The van der Waals surface area contributed by atoms with E-state index >= 15 is 0 Å². The molecule has 0 unspecified atom stereocenters. The van der Waals surface area contributed by atoms with Crippen molar-refractivity contribution in [2.75, 3.05) is 5.32 Å². The predicted octanol–water partition coefficient (Wildman–Crippen LogP) is 4.44. The first-order valence-corrected chi connectivity index (χ1v) is 8.83. The zero-order valence-electron chi connectivity index (χ0n) is 13.2. The van der Waals surface area contributed by atoms with Crippen LogP contribution in [0.5, 0.6) is 5.75 Å². The Balaban J connectivity index is 1.65. The lowest BCUT2D eigenvalue weighted by Gasteiger charge is -2.08. The zero-order valence-corrected chi connectivity index (χ0v) is 14.8. The summed E-state index contributed by atoms with van der Waals surface area (Å²) in [6.07, 6.45) is 0. The van der Waals surface area contributed by atoms with Crippen LogP contribution in [0, 0.1) is 0 Å². The molecule has 0 aliphatic heterocycles. The Morgan fingerprint density at radius 2 is 1.96 bits per heavy atom. The van der Waals surface area contributed by atoms with E-state index in [1.165, 1.54) is 11.3 Å². The number of hydrogen-bond donors (Lipinski definition) is 2. The lowest BCUT2D eigenvalue weighted by Crippen LogP contribution is -2.03. The Morgan fingerprint density at radius 1 is 1.16 bits per heavy atom. The zero-order chi connectivity index (χ0) is 17.4. The molecule has 2 N–H and O–H groups in total. The highest BCUT2D eigenvalue weighted by Crippen LogP contribution is 2.29. The van der Waals surface area contributed by atoms with E-state index in [4.69, 9.17) is 11.6 Å². The van der Waals surface area contributed by atoms with Gasteiger partial charge in [0.25, 0.3) is 0 Å². The Labute approximate surface area is 152 Å². The number of nitrogens with one attached hydrogen (secondary N) is 1. The van der Waals surface area contributed by atoms with Crippen LogP contribution in [0.4, 0.5) is 10.8 Å². The molecule has 0 spiro atoms. The third kappa shape index (κ3) is 3.16. The summed E-state index contributed by atoms with van der Waals surface area (Å²) in [7, 11) is 0. The van der Waals surface area contributed by atoms with Crippen LogP contribution in [0.2, 0.25) is 5.02 Å². The van der Waals surface area contributed by atoms with Crippen molar-refractivity contribution in [2.24, 2.45) is 0 Å². The molecule has 0 radical (unpaired) electrons. The van der Waals surface area contributed by atoms with Gasteiger partial charge in [-0.15, -0.1) is 15.3 Å². The monoisotopic (exact) mass is 371 g/mol. The van der Waals surface area contributed by atoms with Crippen LogP contribution in [-0.2, 0) is 0 Å². The van der Waals surface area contributed by atoms with Crippen molar-refractivity contribution in [2.45, 2.75) is 12.8 Å². The molecule has 126 valence electrons. The average Bonchev–Trinajstić information content (AvgIpc) is 3.15. The second-order valence-electron chi connectivity index (χ2n) is 5.61. The molecule has 2 aromatic heterocycles. The van der Waals surface area contributed by atoms with Crippen LogP contribution in [-0.4, -0.2) is 24.9 Å². The smallest absolute Gasteiger partial charge is 0.236 e. The van der Waals surface area contributed by atoms with Crippen molar-refractivity contribution in [3.63, 3.8) is 0 Å². The van der Waals surface area contributed by atoms with Crippen molar-refractivity contribution in [1.29, 1.82) is 0 Å². The van der Waals surface area contributed by atoms with E-state index < -0.39 is 0 Å². The van der Waals surface area contributed by atoms with Gasteiger partial charge in [0.15, 0.2) is 5.82 Å². The number of anilines is 2. The third-order valence-corrected chi connectivity index (χ3v) is 4.92. The van der Waals surface area contributed by atoms with E-state index in [-0.39, 0.29) is 11.7 Å². The Bertz CT molecular complexity index is 1030. The molecule has 0 aliphatic carbocycles. The molecule has 0 amide bonds. The van der Waals surface area contributed by atoms with E-state index in [0.717, 1.165) is 17.1 Å². The highest BCUT2D eigenvalue weighted by Gasteiger charge is 2.19. The van der Waals surface area contributed by atoms with Gasteiger partial charge in [-0.3, -0.25) is 0 Å². The van der Waals surface area contributed by atoms with Crippen molar-refractivity contribution in [3.05, 3.63) is 64.9 Å². The van der Waals surface area contributed by atoms with E-state index in [9.17, 15) is 5.11 Å². The molecule has 0 aliphatic rings.